The molecule has 2 aromatic carbocycles. The van der Waals surface area contributed by atoms with E-state index in [2.05, 4.69) is 0 Å². The topological polar surface area (TPSA) is 76.7 Å². The van der Waals surface area contributed by atoms with E-state index < -0.39 is 23.2 Å². The number of thioether (sulfide) groups is 1. The third kappa shape index (κ3) is 4.28. The maximum absolute atomic E-state index is 13.6. The van der Waals surface area contributed by atoms with Crippen molar-refractivity contribution in [2.45, 2.75) is 18.4 Å². The zero-order valence-electron chi connectivity index (χ0n) is 14.1. The Balaban J connectivity index is 1.71. The molecule has 0 saturated carbocycles. The van der Waals surface area contributed by atoms with Crippen LogP contribution in [0.4, 0.5) is 8.78 Å². The standard InChI is InChI=1S/C19H14F2O5S/c1-10-15(22)5-3-13-11(6-17(23)26-19(10)13)8-25-18(24)9-27-16-7-12(20)2-4-14(16)21/h2-7,22H,8-9H2,1H3. The van der Waals surface area contributed by atoms with Crippen molar-refractivity contribution in [3.63, 3.8) is 0 Å². The predicted octanol–water partition coefficient (Wildman–Crippen LogP) is 3.92. The van der Waals surface area contributed by atoms with E-state index in [1.54, 1.807) is 13.0 Å². The zero-order chi connectivity index (χ0) is 19.6. The molecule has 0 saturated heterocycles. The molecule has 3 rings (SSSR count). The van der Waals surface area contributed by atoms with Gasteiger partial charge in [-0.05, 0) is 37.3 Å². The van der Waals surface area contributed by atoms with Crippen LogP contribution in [-0.4, -0.2) is 16.8 Å². The van der Waals surface area contributed by atoms with Crippen LogP contribution >= 0.6 is 11.8 Å². The number of carbonyl (C=O) groups excluding carboxylic acids is 1. The molecule has 1 N–H and O–H groups in total. The highest BCUT2D eigenvalue weighted by atomic mass is 32.2. The number of hydrogen-bond donors (Lipinski definition) is 1. The van der Waals surface area contributed by atoms with Crippen LogP contribution < -0.4 is 5.63 Å². The fraction of sp³-hybridized carbons (Fsp3) is 0.158. The van der Waals surface area contributed by atoms with Crippen LogP contribution in [0.3, 0.4) is 0 Å². The second kappa shape index (κ2) is 7.79. The summed E-state index contributed by atoms with van der Waals surface area (Å²) in [5.74, 6) is -2.13. The lowest BCUT2D eigenvalue weighted by Crippen LogP contribution is -2.10. The molecule has 8 heteroatoms. The summed E-state index contributed by atoms with van der Waals surface area (Å²) >= 11 is 0.813. The molecular weight excluding hydrogens is 378 g/mol. The summed E-state index contributed by atoms with van der Waals surface area (Å²) < 4.78 is 36.9. The summed E-state index contributed by atoms with van der Waals surface area (Å²) in [6.07, 6.45) is 0. The number of rotatable bonds is 5. The third-order valence-electron chi connectivity index (χ3n) is 3.85. The van der Waals surface area contributed by atoms with Crippen LogP contribution in [0.5, 0.6) is 5.75 Å². The number of aryl methyl sites for hydroxylation is 1. The Bertz CT molecular complexity index is 1080. The van der Waals surface area contributed by atoms with Gasteiger partial charge in [0.1, 0.15) is 29.6 Å². The summed E-state index contributed by atoms with van der Waals surface area (Å²) in [7, 11) is 0. The minimum Gasteiger partial charge on any atom is -0.508 e. The molecule has 0 atom stereocenters. The number of hydrogen-bond acceptors (Lipinski definition) is 6. The van der Waals surface area contributed by atoms with Gasteiger partial charge in [-0.25, -0.2) is 13.6 Å². The van der Waals surface area contributed by atoms with Crippen LogP contribution in [0.15, 0.2) is 50.5 Å². The first-order valence-corrected chi connectivity index (χ1v) is 8.82. The highest BCUT2D eigenvalue weighted by Crippen LogP contribution is 2.28. The van der Waals surface area contributed by atoms with Gasteiger partial charge in [0, 0.05) is 27.5 Å². The number of ether oxygens (including phenoxy) is 1. The number of esters is 1. The van der Waals surface area contributed by atoms with Crippen molar-refractivity contribution in [1.82, 2.24) is 0 Å². The normalized spacial score (nSPS) is 10.9. The molecule has 1 aromatic heterocycles. The summed E-state index contributed by atoms with van der Waals surface area (Å²) in [6, 6.07) is 7.18. The van der Waals surface area contributed by atoms with Gasteiger partial charge in [0.15, 0.2) is 0 Å². The molecule has 0 fully saturated rings. The van der Waals surface area contributed by atoms with E-state index in [9.17, 15) is 23.5 Å². The molecule has 5 nitrogen and oxygen atoms in total. The second-order valence-electron chi connectivity index (χ2n) is 5.70. The Hall–Kier alpha value is -2.87. The first-order chi connectivity index (χ1) is 12.8. The van der Waals surface area contributed by atoms with Crippen molar-refractivity contribution in [2.75, 3.05) is 5.75 Å². The van der Waals surface area contributed by atoms with E-state index >= 15 is 0 Å². The van der Waals surface area contributed by atoms with Gasteiger partial charge in [0.2, 0.25) is 0 Å². The van der Waals surface area contributed by atoms with Gasteiger partial charge < -0.3 is 14.3 Å². The maximum atomic E-state index is 13.6. The molecule has 0 bridgehead atoms. The Morgan fingerprint density at radius 3 is 2.78 bits per heavy atom. The number of aromatic hydroxyl groups is 1. The van der Waals surface area contributed by atoms with Gasteiger partial charge in [-0.3, -0.25) is 4.79 Å². The molecule has 0 unspecified atom stereocenters. The molecule has 0 aliphatic heterocycles. The van der Waals surface area contributed by atoms with Gasteiger partial charge in [-0.15, -0.1) is 11.8 Å². The lowest BCUT2D eigenvalue weighted by atomic mass is 10.1. The van der Waals surface area contributed by atoms with E-state index in [4.69, 9.17) is 9.15 Å². The van der Waals surface area contributed by atoms with Gasteiger partial charge in [-0.1, -0.05) is 0 Å². The van der Waals surface area contributed by atoms with Gasteiger partial charge in [-0.2, -0.15) is 0 Å². The molecule has 1 heterocycles. The van der Waals surface area contributed by atoms with E-state index in [1.807, 2.05) is 0 Å². The summed E-state index contributed by atoms with van der Waals surface area (Å²) in [4.78, 5) is 23.7. The molecule has 0 amide bonds. The predicted molar refractivity (Wildman–Crippen MR) is 95.8 cm³/mol. The monoisotopic (exact) mass is 392 g/mol. The summed E-state index contributed by atoms with van der Waals surface area (Å²) in [5, 5.41) is 10.3. The lowest BCUT2D eigenvalue weighted by Gasteiger charge is -2.09. The Kier molecular flexibility index (Phi) is 5.46. The number of phenols is 1. The SMILES string of the molecule is Cc1c(O)ccc2c(COC(=O)CSc3cc(F)ccc3F)cc(=O)oc12. The smallest absolute Gasteiger partial charge is 0.336 e. The largest absolute Gasteiger partial charge is 0.508 e. The van der Waals surface area contributed by atoms with E-state index in [0.29, 0.717) is 16.5 Å². The average Bonchev–Trinajstić information content (AvgIpc) is 2.63. The average molecular weight is 392 g/mol. The molecule has 140 valence electrons. The summed E-state index contributed by atoms with van der Waals surface area (Å²) in [5.41, 5.74) is 0.387. The van der Waals surface area contributed by atoms with Crippen molar-refractivity contribution >= 4 is 28.7 Å². The fourth-order valence-corrected chi connectivity index (χ4v) is 3.22. The van der Waals surface area contributed by atoms with Crippen molar-refractivity contribution in [3.05, 3.63) is 69.6 Å². The van der Waals surface area contributed by atoms with Crippen molar-refractivity contribution in [3.8, 4) is 5.75 Å². The molecule has 0 aliphatic carbocycles. The number of phenolic OH excluding ortho intramolecular Hbond substituents is 1. The lowest BCUT2D eigenvalue weighted by molar-refractivity contribution is -0.141. The van der Waals surface area contributed by atoms with Gasteiger partial charge >= 0.3 is 11.6 Å². The van der Waals surface area contributed by atoms with Crippen LogP contribution in [-0.2, 0) is 16.1 Å². The number of halogens is 2. The summed E-state index contributed by atoms with van der Waals surface area (Å²) in [6.45, 7) is 1.40. The van der Waals surface area contributed by atoms with Crippen LogP contribution in [0.25, 0.3) is 11.0 Å². The molecule has 0 spiro atoms. The van der Waals surface area contributed by atoms with Crippen molar-refractivity contribution in [2.24, 2.45) is 0 Å². The van der Waals surface area contributed by atoms with Gasteiger partial charge in [0.25, 0.3) is 0 Å². The number of fused-ring (bicyclic) bond motifs is 1. The van der Waals surface area contributed by atoms with Crippen LogP contribution in [0.1, 0.15) is 11.1 Å². The van der Waals surface area contributed by atoms with Crippen LogP contribution in [0.2, 0.25) is 0 Å². The first kappa shape index (κ1) is 18.9. The van der Waals surface area contributed by atoms with Crippen LogP contribution in [0, 0.1) is 18.6 Å². The Labute approximate surface area is 156 Å². The number of benzene rings is 2. The molecule has 0 aliphatic rings. The third-order valence-corrected chi connectivity index (χ3v) is 4.85. The van der Waals surface area contributed by atoms with E-state index in [-0.39, 0.29) is 28.6 Å². The zero-order valence-corrected chi connectivity index (χ0v) is 14.9. The van der Waals surface area contributed by atoms with Crippen molar-refractivity contribution < 1.29 is 27.8 Å². The quantitative estimate of drug-likeness (QED) is 0.403. The molecule has 3 aromatic rings. The molecule has 0 radical (unpaired) electrons. The Morgan fingerprint density at radius 2 is 2.00 bits per heavy atom. The van der Waals surface area contributed by atoms with Crippen molar-refractivity contribution in [1.29, 1.82) is 0 Å². The highest BCUT2D eigenvalue weighted by Gasteiger charge is 2.13. The van der Waals surface area contributed by atoms with E-state index in [1.165, 1.54) is 12.1 Å². The second-order valence-corrected chi connectivity index (χ2v) is 6.72. The minimum absolute atomic E-state index is 0.00357. The minimum atomic E-state index is -0.652. The molecular formula is C19H14F2O5S. The highest BCUT2D eigenvalue weighted by molar-refractivity contribution is 8.00. The van der Waals surface area contributed by atoms with E-state index in [0.717, 1.165) is 30.0 Å². The number of carbonyl (C=O) groups is 1. The first-order valence-electron chi connectivity index (χ1n) is 7.84. The van der Waals surface area contributed by atoms with Gasteiger partial charge in [0.05, 0.1) is 5.75 Å². The Morgan fingerprint density at radius 1 is 1.22 bits per heavy atom. The fourth-order valence-electron chi connectivity index (χ4n) is 2.46. The molecule has 27 heavy (non-hydrogen) atoms. The maximum Gasteiger partial charge on any atom is 0.336 e.